The van der Waals surface area contributed by atoms with Crippen molar-refractivity contribution in [1.82, 2.24) is 25.7 Å². The summed E-state index contributed by atoms with van der Waals surface area (Å²) in [7, 11) is 1.59. The average Bonchev–Trinajstić information content (AvgIpc) is 3.72. The third-order valence-corrected chi connectivity index (χ3v) is 9.46. The molecule has 2 atom stereocenters. The Labute approximate surface area is 289 Å². The zero-order valence-corrected chi connectivity index (χ0v) is 28.0. The van der Waals surface area contributed by atoms with Gasteiger partial charge in [-0.15, -0.1) is 0 Å². The van der Waals surface area contributed by atoms with Gasteiger partial charge in [-0.25, -0.2) is 0 Å². The fourth-order valence-corrected chi connectivity index (χ4v) is 6.74. The first kappa shape index (κ1) is 33.6. The Hall–Kier alpha value is -4.25. The molecule has 0 bridgehead atoms. The van der Waals surface area contributed by atoms with Crippen LogP contribution in [-0.4, -0.2) is 59.4 Å². The van der Waals surface area contributed by atoms with E-state index in [1.165, 1.54) is 0 Å². The van der Waals surface area contributed by atoms with E-state index in [1.54, 1.807) is 7.11 Å². The van der Waals surface area contributed by atoms with Crippen molar-refractivity contribution in [1.29, 1.82) is 0 Å². The molecule has 1 aliphatic rings. The molecule has 248 valence electrons. The van der Waals surface area contributed by atoms with Crippen LogP contribution in [0.1, 0.15) is 29.5 Å². The van der Waals surface area contributed by atoms with Gasteiger partial charge >= 0.3 is 0 Å². The largest absolute Gasteiger partial charge is 0.496 e. The molecule has 1 amide bonds. The third kappa shape index (κ3) is 7.41. The topological polar surface area (TPSA) is 118 Å². The summed E-state index contributed by atoms with van der Waals surface area (Å²) in [4.78, 5) is 22.5. The van der Waals surface area contributed by atoms with Gasteiger partial charge in [0, 0.05) is 59.2 Å². The molecule has 6 rings (SSSR count). The summed E-state index contributed by atoms with van der Waals surface area (Å²) in [6.45, 7) is 1.91. The molecular formula is C37H37Cl2N5O4. The van der Waals surface area contributed by atoms with Crippen molar-refractivity contribution in [2.45, 2.75) is 44.6 Å². The van der Waals surface area contributed by atoms with Crippen molar-refractivity contribution in [2.75, 3.05) is 20.3 Å². The van der Waals surface area contributed by atoms with E-state index in [0.29, 0.717) is 41.6 Å². The smallest absolute Gasteiger partial charge is 0.220 e. The molecule has 5 aromatic rings. The molecule has 4 N–H and O–H groups in total. The molecule has 1 aliphatic heterocycles. The highest BCUT2D eigenvalue weighted by molar-refractivity contribution is 6.36. The Bertz CT molecular complexity index is 1930. The van der Waals surface area contributed by atoms with E-state index in [2.05, 4.69) is 46.3 Å². The van der Waals surface area contributed by atoms with Crippen molar-refractivity contribution < 1.29 is 19.4 Å². The molecule has 0 radical (unpaired) electrons. The number of fused-ring (bicyclic) bond motifs is 1. The molecule has 48 heavy (non-hydrogen) atoms. The summed E-state index contributed by atoms with van der Waals surface area (Å²) in [5.74, 6) is 0.731. The van der Waals surface area contributed by atoms with Gasteiger partial charge in [0.1, 0.15) is 12.0 Å². The molecule has 2 heterocycles. The Morgan fingerprint density at radius 3 is 2.54 bits per heavy atom. The maximum Gasteiger partial charge on any atom is 0.220 e. The van der Waals surface area contributed by atoms with Crippen LogP contribution in [0.5, 0.6) is 5.75 Å². The standard InChI is InChI=1S/C37H37Cl2N5O4/c1-48-35-15-24(17-41-27(21-45)22-46)14-33(38)32(35)20-44-34-7-3-5-29(31(34)19-42-44)30-6-2-4-28(37(30)39)25-10-8-23(9-11-25)16-40-18-26-12-13-36(47)43-26/h2-11,14-15,19,21,26-27,40-41,46H,12-13,16-18,20,22H2,1H3,(H,43,47). The van der Waals surface area contributed by atoms with Crippen LogP contribution in [-0.2, 0) is 29.2 Å². The van der Waals surface area contributed by atoms with Crippen molar-refractivity contribution in [3.63, 3.8) is 0 Å². The van der Waals surface area contributed by atoms with Crippen LogP contribution in [0.15, 0.2) is 79.0 Å². The van der Waals surface area contributed by atoms with Crippen molar-refractivity contribution in [3.05, 3.63) is 106 Å². The number of carbonyl (C=O) groups is 2. The summed E-state index contributed by atoms with van der Waals surface area (Å²) < 4.78 is 7.58. The monoisotopic (exact) mass is 685 g/mol. The molecule has 0 spiro atoms. The minimum atomic E-state index is -0.652. The van der Waals surface area contributed by atoms with E-state index >= 15 is 0 Å². The predicted octanol–water partition coefficient (Wildman–Crippen LogP) is 5.75. The van der Waals surface area contributed by atoms with E-state index in [4.69, 9.17) is 33.0 Å². The van der Waals surface area contributed by atoms with Gasteiger partial charge in [-0.1, -0.05) is 77.8 Å². The molecular weight excluding hydrogens is 649 g/mol. The molecule has 0 aliphatic carbocycles. The number of aliphatic hydroxyl groups excluding tert-OH is 1. The first-order chi connectivity index (χ1) is 23.4. The summed E-state index contributed by atoms with van der Waals surface area (Å²) in [6, 6.07) is 23.8. The summed E-state index contributed by atoms with van der Waals surface area (Å²) in [6.07, 6.45) is 4.00. The zero-order chi connectivity index (χ0) is 33.6. The molecule has 4 aromatic carbocycles. The molecule has 1 aromatic heterocycles. The highest BCUT2D eigenvalue weighted by Gasteiger charge is 2.20. The lowest BCUT2D eigenvalue weighted by atomic mass is 9.96. The molecule has 0 saturated carbocycles. The Morgan fingerprint density at radius 2 is 1.81 bits per heavy atom. The number of aliphatic hydroxyl groups is 1. The van der Waals surface area contributed by atoms with E-state index in [9.17, 15) is 14.7 Å². The van der Waals surface area contributed by atoms with Crippen LogP contribution in [0, 0.1) is 0 Å². The molecule has 1 fully saturated rings. The predicted molar refractivity (Wildman–Crippen MR) is 189 cm³/mol. The number of halogens is 2. The minimum absolute atomic E-state index is 0.128. The maximum absolute atomic E-state index is 11.4. The summed E-state index contributed by atoms with van der Waals surface area (Å²) >= 11 is 13.9. The van der Waals surface area contributed by atoms with Crippen LogP contribution in [0.25, 0.3) is 33.2 Å². The Balaban J connectivity index is 1.21. The number of carbonyl (C=O) groups excluding carboxylic acids is 2. The summed E-state index contributed by atoms with van der Waals surface area (Å²) in [5, 5.41) is 25.6. The SMILES string of the molecule is COc1cc(CNC(C=O)CO)cc(Cl)c1Cn1ncc2c(-c3cccc(-c4ccc(CNCC5CCC(=O)N5)cc4)c3Cl)cccc21. The first-order valence-corrected chi connectivity index (χ1v) is 16.6. The number of amides is 1. The van der Waals surface area contributed by atoms with Crippen LogP contribution in [0.4, 0.5) is 0 Å². The number of nitrogens with zero attached hydrogens (tertiary/aromatic N) is 2. The first-order valence-electron chi connectivity index (χ1n) is 15.9. The number of hydrogen-bond acceptors (Lipinski definition) is 7. The number of benzene rings is 4. The molecule has 9 nitrogen and oxygen atoms in total. The van der Waals surface area contributed by atoms with Gasteiger partial charge in [-0.05, 0) is 46.9 Å². The fourth-order valence-electron chi connectivity index (χ4n) is 6.11. The van der Waals surface area contributed by atoms with Gasteiger partial charge in [-0.2, -0.15) is 5.10 Å². The minimum Gasteiger partial charge on any atom is -0.496 e. The Kier molecular flexibility index (Phi) is 10.7. The second-order valence-electron chi connectivity index (χ2n) is 11.9. The maximum atomic E-state index is 11.4. The second kappa shape index (κ2) is 15.3. The number of nitrogens with one attached hydrogen (secondary N) is 3. The van der Waals surface area contributed by atoms with Crippen LogP contribution < -0.4 is 20.7 Å². The number of aldehydes is 1. The van der Waals surface area contributed by atoms with Crippen molar-refractivity contribution in [2.24, 2.45) is 0 Å². The van der Waals surface area contributed by atoms with Crippen molar-refractivity contribution >= 4 is 46.3 Å². The second-order valence-corrected chi connectivity index (χ2v) is 12.7. The van der Waals surface area contributed by atoms with Crippen molar-refractivity contribution in [3.8, 4) is 28.0 Å². The summed E-state index contributed by atoms with van der Waals surface area (Å²) in [5.41, 5.74) is 7.52. The lowest BCUT2D eigenvalue weighted by Crippen LogP contribution is -2.35. The number of rotatable bonds is 14. The number of hydrogen-bond donors (Lipinski definition) is 4. The lowest BCUT2D eigenvalue weighted by molar-refractivity contribution is -0.119. The molecule has 1 saturated heterocycles. The van der Waals surface area contributed by atoms with Gasteiger partial charge in [0.05, 0.1) is 43.0 Å². The number of aromatic nitrogens is 2. The van der Waals surface area contributed by atoms with Crippen LogP contribution in [0.2, 0.25) is 10.0 Å². The van der Waals surface area contributed by atoms with Gasteiger partial charge in [-0.3, -0.25) is 9.48 Å². The zero-order valence-electron chi connectivity index (χ0n) is 26.5. The van der Waals surface area contributed by atoms with Gasteiger partial charge in [0.2, 0.25) is 5.91 Å². The van der Waals surface area contributed by atoms with E-state index in [-0.39, 0.29) is 18.6 Å². The van der Waals surface area contributed by atoms with E-state index in [0.717, 1.165) is 69.4 Å². The highest BCUT2D eigenvalue weighted by Crippen LogP contribution is 2.39. The van der Waals surface area contributed by atoms with E-state index < -0.39 is 6.04 Å². The third-order valence-electron chi connectivity index (χ3n) is 8.72. The lowest BCUT2D eigenvalue weighted by Gasteiger charge is -2.16. The van der Waals surface area contributed by atoms with Gasteiger partial charge < -0.3 is 30.6 Å². The van der Waals surface area contributed by atoms with Crippen LogP contribution >= 0.6 is 23.2 Å². The van der Waals surface area contributed by atoms with Crippen LogP contribution in [0.3, 0.4) is 0 Å². The molecule has 2 unspecified atom stereocenters. The fraction of sp³-hybridized carbons (Fsp3) is 0.270. The average molecular weight is 687 g/mol. The van der Waals surface area contributed by atoms with Gasteiger partial charge in [0.25, 0.3) is 0 Å². The van der Waals surface area contributed by atoms with Gasteiger partial charge in [0.15, 0.2) is 0 Å². The number of methoxy groups -OCH3 is 1. The molecule has 11 heteroatoms. The number of ether oxygens (including phenoxy) is 1. The Morgan fingerprint density at radius 1 is 1.04 bits per heavy atom. The highest BCUT2D eigenvalue weighted by atomic mass is 35.5. The quantitative estimate of drug-likeness (QED) is 0.110. The van der Waals surface area contributed by atoms with E-state index in [1.807, 2.05) is 53.3 Å². The normalized spacial score (nSPS) is 15.1.